The van der Waals surface area contributed by atoms with Crippen LogP contribution in [0, 0.1) is 11.3 Å². The van der Waals surface area contributed by atoms with E-state index in [2.05, 4.69) is 6.07 Å². The maximum atomic E-state index is 12.8. The van der Waals surface area contributed by atoms with E-state index in [1.807, 2.05) is 60.7 Å². The molecule has 2 aromatic rings. The lowest BCUT2D eigenvalue weighted by Gasteiger charge is -2.34. The Balaban J connectivity index is 1.79. The number of allylic oxidation sites excluding steroid dienone is 1. The van der Waals surface area contributed by atoms with Gasteiger partial charge in [0, 0.05) is 6.42 Å². The first-order chi connectivity index (χ1) is 12.7. The van der Waals surface area contributed by atoms with Crippen LogP contribution in [0.3, 0.4) is 0 Å². The highest BCUT2D eigenvalue weighted by Gasteiger charge is 2.42. The van der Waals surface area contributed by atoms with Crippen molar-refractivity contribution in [2.24, 2.45) is 5.73 Å². The summed E-state index contributed by atoms with van der Waals surface area (Å²) in [6, 6.07) is 20.9. The minimum Gasteiger partial charge on any atom is -0.454 e. The second-order valence-electron chi connectivity index (χ2n) is 6.18. The van der Waals surface area contributed by atoms with Crippen molar-refractivity contribution in [3.63, 3.8) is 0 Å². The van der Waals surface area contributed by atoms with Gasteiger partial charge in [-0.25, -0.2) is 4.79 Å². The Labute approximate surface area is 151 Å². The van der Waals surface area contributed by atoms with Gasteiger partial charge in [-0.05, 0) is 11.1 Å². The first-order valence-electron chi connectivity index (χ1n) is 8.30. The predicted molar refractivity (Wildman–Crippen MR) is 94.0 cm³/mol. The highest BCUT2D eigenvalue weighted by atomic mass is 16.6. The van der Waals surface area contributed by atoms with Crippen LogP contribution in [0.2, 0.25) is 0 Å². The zero-order valence-corrected chi connectivity index (χ0v) is 13.9. The standard InChI is InChI=1S/C21H16N2O3/c22-12-15-18(14-9-5-2-6-10-14)19-17(25-20(15)23)11-16(26-21(19)24)13-7-3-1-4-8-13/h1-10,16,18H,11,23H2. The molecule has 26 heavy (non-hydrogen) atoms. The van der Waals surface area contributed by atoms with Crippen LogP contribution in [0.1, 0.15) is 29.6 Å². The Bertz CT molecular complexity index is 956. The third-order valence-electron chi connectivity index (χ3n) is 4.64. The van der Waals surface area contributed by atoms with Crippen molar-refractivity contribution in [2.75, 3.05) is 0 Å². The Morgan fingerprint density at radius 2 is 1.62 bits per heavy atom. The van der Waals surface area contributed by atoms with Crippen LogP contribution >= 0.6 is 0 Å². The fraction of sp³-hybridized carbons (Fsp3) is 0.143. The maximum absolute atomic E-state index is 12.8. The number of cyclic esters (lactones) is 1. The quantitative estimate of drug-likeness (QED) is 0.844. The lowest BCUT2D eigenvalue weighted by molar-refractivity contribution is -0.147. The second-order valence-corrected chi connectivity index (χ2v) is 6.18. The summed E-state index contributed by atoms with van der Waals surface area (Å²) in [5.74, 6) is -0.537. The van der Waals surface area contributed by atoms with Gasteiger partial charge in [-0.3, -0.25) is 0 Å². The molecule has 2 N–H and O–H groups in total. The molecule has 0 radical (unpaired) electrons. The molecule has 2 unspecified atom stereocenters. The molecule has 0 fully saturated rings. The van der Waals surface area contributed by atoms with E-state index in [4.69, 9.17) is 15.2 Å². The molecule has 2 heterocycles. The van der Waals surface area contributed by atoms with E-state index in [0.29, 0.717) is 17.8 Å². The molecule has 4 rings (SSSR count). The number of esters is 1. The van der Waals surface area contributed by atoms with Crippen LogP contribution in [-0.4, -0.2) is 5.97 Å². The number of hydrogen-bond acceptors (Lipinski definition) is 5. The molecule has 2 aliphatic heterocycles. The smallest absolute Gasteiger partial charge is 0.339 e. The predicted octanol–water partition coefficient (Wildman–Crippen LogP) is 3.44. The van der Waals surface area contributed by atoms with E-state index < -0.39 is 18.0 Å². The molecule has 128 valence electrons. The van der Waals surface area contributed by atoms with Gasteiger partial charge >= 0.3 is 5.97 Å². The molecule has 0 aliphatic carbocycles. The van der Waals surface area contributed by atoms with E-state index in [-0.39, 0.29) is 11.5 Å². The summed E-state index contributed by atoms with van der Waals surface area (Å²) in [5, 5.41) is 9.56. The van der Waals surface area contributed by atoms with E-state index in [9.17, 15) is 10.1 Å². The van der Waals surface area contributed by atoms with Gasteiger partial charge in [0.2, 0.25) is 5.88 Å². The van der Waals surface area contributed by atoms with Crippen LogP contribution in [-0.2, 0) is 14.3 Å². The molecule has 0 saturated heterocycles. The van der Waals surface area contributed by atoms with Crippen molar-refractivity contribution < 1.29 is 14.3 Å². The lowest BCUT2D eigenvalue weighted by Crippen LogP contribution is -2.31. The van der Waals surface area contributed by atoms with Crippen LogP contribution in [0.4, 0.5) is 0 Å². The minimum atomic E-state index is -0.575. The highest BCUT2D eigenvalue weighted by molar-refractivity contribution is 5.93. The summed E-state index contributed by atoms with van der Waals surface area (Å²) < 4.78 is 11.4. The van der Waals surface area contributed by atoms with Crippen molar-refractivity contribution in [3.8, 4) is 6.07 Å². The molecular formula is C21H16N2O3. The van der Waals surface area contributed by atoms with Crippen molar-refractivity contribution >= 4 is 5.97 Å². The fourth-order valence-corrected chi connectivity index (χ4v) is 3.43. The molecule has 0 saturated carbocycles. The minimum absolute atomic E-state index is 0.0432. The third-order valence-corrected chi connectivity index (χ3v) is 4.64. The summed E-state index contributed by atoms with van der Waals surface area (Å²) in [6.07, 6.45) is -0.0521. The molecule has 5 nitrogen and oxygen atoms in total. The number of nitrogens with two attached hydrogens (primary N) is 1. The topological polar surface area (TPSA) is 85.3 Å². The number of nitrogens with zero attached hydrogens (tertiary/aromatic N) is 1. The van der Waals surface area contributed by atoms with Crippen LogP contribution in [0.15, 0.2) is 83.5 Å². The number of carbonyl (C=O) groups excluding carboxylic acids is 1. The lowest BCUT2D eigenvalue weighted by atomic mass is 9.81. The van der Waals surface area contributed by atoms with Crippen molar-refractivity contribution in [1.82, 2.24) is 0 Å². The summed E-state index contributed by atoms with van der Waals surface area (Å²) in [6.45, 7) is 0. The maximum Gasteiger partial charge on any atom is 0.339 e. The largest absolute Gasteiger partial charge is 0.454 e. The number of nitriles is 1. The van der Waals surface area contributed by atoms with E-state index in [0.717, 1.165) is 11.1 Å². The molecule has 0 amide bonds. The normalized spacial score (nSPS) is 22.2. The average molecular weight is 344 g/mol. The number of rotatable bonds is 2. The van der Waals surface area contributed by atoms with E-state index in [1.54, 1.807) is 0 Å². The van der Waals surface area contributed by atoms with Gasteiger partial charge in [0.15, 0.2) is 0 Å². The van der Waals surface area contributed by atoms with Crippen LogP contribution in [0.25, 0.3) is 0 Å². The molecule has 2 aromatic carbocycles. The number of ether oxygens (including phenoxy) is 2. The first kappa shape index (κ1) is 16.0. The molecule has 0 bridgehead atoms. The first-order valence-corrected chi connectivity index (χ1v) is 8.30. The molecule has 2 atom stereocenters. The summed E-state index contributed by atoms with van der Waals surface area (Å²) in [7, 11) is 0. The monoisotopic (exact) mass is 344 g/mol. The van der Waals surface area contributed by atoms with Gasteiger partial charge in [0.1, 0.15) is 23.5 Å². The molecule has 0 aromatic heterocycles. The van der Waals surface area contributed by atoms with Crippen LogP contribution in [0.5, 0.6) is 0 Å². The van der Waals surface area contributed by atoms with Crippen LogP contribution < -0.4 is 5.73 Å². The Morgan fingerprint density at radius 3 is 2.23 bits per heavy atom. The fourth-order valence-electron chi connectivity index (χ4n) is 3.43. The zero-order chi connectivity index (χ0) is 18.1. The van der Waals surface area contributed by atoms with Gasteiger partial charge in [0.05, 0.1) is 11.5 Å². The Morgan fingerprint density at radius 1 is 1.00 bits per heavy atom. The van der Waals surface area contributed by atoms with Gasteiger partial charge < -0.3 is 15.2 Å². The average Bonchev–Trinajstić information content (AvgIpc) is 2.68. The zero-order valence-electron chi connectivity index (χ0n) is 13.9. The van der Waals surface area contributed by atoms with Gasteiger partial charge in [0.25, 0.3) is 0 Å². The summed E-state index contributed by atoms with van der Waals surface area (Å²) in [4.78, 5) is 12.8. The summed E-state index contributed by atoms with van der Waals surface area (Å²) >= 11 is 0. The third kappa shape index (κ3) is 2.62. The van der Waals surface area contributed by atoms with E-state index in [1.165, 1.54) is 0 Å². The van der Waals surface area contributed by atoms with Gasteiger partial charge in [-0.1, -0.05) is 60.7 Å². The molecular weight excluding hydrogens is 328 g/mol. The van der Waals surface area contributed by atoms with Crippen molar-refractivity contribution in [3.05, 3.63) is 94.6 Å². The molecule has 5 heteroatoms. The van der Waals surface area contributed by atoms with Gasteiger partial charge in [-0.15, -0.1) is 0 Å². The van der Waals surface area contributed by atoms with E-state index >= 15 is 0 Å². The number of carbonyl (C=O) groups is 1. The summed E-state index contributed by atoms with van der Waals surface area (Å²) in [5.41, 5.74) is 8.28. The SMILES string of the molecule is N#CC1=C(N)OC2=C(C(=O)OC(c3ccccc3)C2)C1c1ccccc1. The van der Waals surface area contributed by atoms with Crippen molar-refractivity contribution in [2.45, 2.75) is 18.4 Å². The second kappa shape index (κ2) is 6.41. The highest BCUT2D eigenvalue weighted by Crippen LogP contribution is 2.45. The molecule has 2 aliphatic rings. The Hall–Kier alpha value is -3.52. The number of benzene rings is 2. The van der Waals surface area contributed by atoms with Crippen molar-refractivity contribution in [1.29, 1.82) is 5.26 Å². The Kier molecular flexibility index (Phi) is 3.94. The van der Waals surface area contributed by atoms with Gasteiger partial charge in [-0.2, -0.15) is 5.26 Å². The number of hydrogen-bond donors (Lipinski definition) is 1. The molecule has 0 spiro atoms.